The lowest BCUT2D eigenvalue weighted by Gasteiger charge is -2.16. The summed E-state index contributed by atoms with van der Waals surface area (Å²) in [5.41, 5.74) is 1.32. The molecule has 0 unspecified atom stereocenters. The number of pyridine rings is 1. The number of hydrogen-bond acceptors (Lipinski definition) is 3. The molecule has 1 heterocycles. The normalized spacial score (nSPS) is 10.8. The third kappa shape index (κ3) is 3.61. The minimum Gasteiger partial charge on any atom is -0.478 e. The molecule has 0 aliphatic rings. The minimum absolute atomic E-state index is 0.0429. The maximum absolute atomic E-state index is 13.8. The lowest BCUT2D eigenvalue weighted by atomic mass is 10.1. The number of halogens is 1. The molecule has 0 spiro atoms. The molecular weight excluding hydrogens is 259 g/mol. The number of aromatic carboxylic acids is 1. The molecule has 0 aliphatic carbocycles. The van der Waals surface area contributed by atoms with Crippen molar-refractivity contribution in [3.8, 4) is 0 Å². The molecule has 2 rings (SSSR count). The summed E-state index contributed by atoms with van der Waals surface area (Å²) in [6.07, 6.45) is 1.71. The van der Waals surface area contributed by atoms with Crippen molar-refractivity contribution >= 4 is 5.97 Å². The summed E-state index contributed by atoms with van der Waals surface area (Å²) >= 11 is 0. The fourth-order valence-electron chi connectivity index (χ4n) is 1.92. The van der Waals surface area contributed by atoms with Crippen LogP contribution in [-0.2, 0) is 13.1 Å². The van der Waals surface area contributed by atoms with Gasteiger partial charge < -0.3 is 5.11 Å². The van der Waals surface area contributed by atoms with Crippen LogP contribution in [0.25, 0.3) is 0 Å². The van der Waals surface area contributed by atoms with Gasteiger partial charge in [0, 0.05) is 24.8 Å². The maximum Gasteiger partial charge on any atom is 0.335 e. The quantitative estimate of drug-likeness (QED) is 0.910. The highest BCUT2D eigenvalue weighted by Gasteiger charge is 2.10. The molecule has 104 valence electrons. The van der Waals surface area contributed by atoms with E-state index in [-0.39, 0.29) is 5.56 Å². The number of carbonyl (C=O) groups is 1. The fourth-order valence-corrected chi connectivity index (χ4v) is 1.92. The molecule has 1 aromatic heterocycles. The van der Waals surface area contributed by atoms with Gasteiger partial charge in [0.25, 0.3) is 0 Å². The van der Waals surface area contributed by atoms with E-state index in [4.69, 9.17) is 5.11 Å². The SMILES string of the molecule is CN(Cc1ccccn1)Cc1ccc(C(=O)O)cc1F. The molecule has 20 heavy (non-hydrogen) atoms. The number of carboxylic acid groups (broad SMARTS) is 1. The number of carboxylic acids is 1. The Morgan fingerprint density at radius 2 is 2.10 bits per heavy atom. The van der Waals surface area contributed by atoms with Crippen molar-refractivity contribution in [2.45, 2.75) is 13.1 Å². The van der Waals surface area contributed by atoms with Gasteiger partial charge in [-0.05, 0) is 31.3 Å². The van der Waals surface area contributed by atoms with E-state index in [1.807, 2.05) is 30.1 Å². The summed E-state index contributed by atoms with van der Waals surface area (Å²) < 4.78 is 13.8. The Bertz CT molecular complexity index is 602. The average molecular weight is 274 g/mol. The van der Waals surface area contributed by atoms with Gasteiger partial charge in [-0.2, -0.15) is 0 Å². The van der Waals surface area contributed by atoms with Crippen LogP contribution in [0.1, 0.15) is 21.6 Å². The van der Waals surface area contributed by atoms with Crippen molar-refractivity contribution < 1.29 is 14.3 Å². The standard InChI is InChI=1S/C15H15FN2O2/c1-18(10-13-4-2-3-7-17-13)9-12-6-5-11(15(19)20)8-14(12)16/h2-8H,9-10H2,1H3,(H,19,20). The number of hydrogen-bond donors (Lipinski definition) is 1. The Labute approximate surface area is 116 Å². The van der Waals surface area contributed by atoms with E-state index in [0.29, 0.717) is 18.7 Å². The molecule has 4 nitrogen and oxygen atoms in total. The topological polar surface area (TPSA) is 53.4 Å². The summed E-state index contributed by atoms with van der Waals surface area (Å²) in [7, 11) is 1.86. The van der Waals surface area contributed by atoms with Crippen molar-refractivity contribution in [3.05, 3.63) is 65.2 Å². The first-order valence-corrected chi connectivity index (χ1v) is 6.16. The van der Waals surface area contributed by atoms with Gasteiger partial charge in [0.1, 0.15) is 5.82 Å². The van der Waals surface area contributed by atoms with Crippen LogP contribution in [0.5, 0.6) is 0 Å². The van der Waals surface area contributed by atoms with Gasteiger partial charge in [0.15, 0.2) is 0 Å². The zero-order chi connectivity index (χ0) is 14.5. The predicted octanol–water partition coefficient (Wildman–Crippen LogP) is 2.55. The van der Waals surface area contributed by atoms with Gasteiger partial charge in [-0.15, -0.1) is 0 Å². The Morgan fingerprint density at radius 1 is 1.30 bits per heavy atom. The largest absolute Gasteiger partial charge is 0.478 e. The third-order valence-corrected chi connectivity index (χ3v) is 2.90. The van der Waals surface area contributed by atoms with Gasteiger partial charge in [-0.25, -0.2) is 9.18 Å². The van der Waals surface area contributed by atoms with Crippen LogP contribution in [-0.4, -0.2) is 28.0 Å². The van der Waals surface area contributed by atoms with E-state index in [2.05, 4.69) is 4.98 Å². The first-order valence-electron chi connectivity index (χ1n) is 6.16. The molecule has 0 bridgehead atoms. The van der Waals surface area contributed by atoms with E-state index < -0.39 is 11.8 Å². The molecule has 0 saturated heterocycles. The molecule has 2 aromatic rings. The van der Waals surface area contributed by atoms with Gasteiger partial charge in [0.05, 0.1) is 11.3 Å². The molecule has 1 aromatic carbocycles. The third-order valence-electron chi connectivity index (χ3n) is 2.90. The van der Waals surface area contributed by atoms with Crippen molar-refractivity contribution in [2.24, 2.45) is 0 Å². The smallest absolute Gasteiger partial charge is 0.335 e. The van der Waals surface area contributed by atoms with E-state index in [0.717, 1.165) is 11.8 Å². The molecule has 1 N–H and O–H groups in total. The van der Waals surface area contributed by atoms with Crippen LogP contribution in [0.3, 0.4) is 0 Å². The Kier molecular flexibility index (Phi) is 4.42. The van der Waals surface area contributed by atoms with Crippen molar-refractivity contribution in [1.82, 2.24) is 9.88 Å². The predicted molar refractivity (Wildman–Crippen MR) is 72.8 cm³/mol. The highest BCUT2D eigenvalue weighted by molar-refractivity contribution is 5.87. The summed E-state index contributed by atoms with van der Waals surface area (Å²) in [6.45, 7) is 0.989. The molecule has 0 aliphatic heterocycles. The summed E-state index contributed by atoms with van der Waals surface area (Å²) in [5.74, 6) is -1.63. The minimum atomic E-state index is -1.13. The van der Waals surface area contributed by atoms with E-state index in [1.165, 1.54) is 12.1 Å². The summed E-state index contributed by atoms with van der Waals surface area (Å²) in [5, 5.41) is 8.79. The molecule has 0 atom stereocenters. The Morgan fingerprint density at radius 3 is 2.70 bits per heavy atom. The van der Waals surface area contributed by atoms with Crippen molar-refractivity contribution in [1.29, 1.82) is 0 Å². The van der Waals surface area contributed by atoms with Gasteiger partial charge in [-0.3, -0.25) is 9.88 Å². The van der Waals surface area contributed by atoms with Crippen LogP contribution in [0.15, 0.2) is 42.6 Å². The summed E-state index contributed by atoms with van der Waals surface area (Å²) in [4.78, 5) is 16.9. The molecular formula is C15H15FN2O2. The summed E-state index contributed by atoms with van der Waals surface area (Å²) in [6, 6.07) is 9.61. The lowest BCUT2D eigenvalue weighted by Crippen LogP contribution is -2.18. The van der Waals surface area contributed by atoms with Crippen LogP contribution in [0, 0.1) is 5.82 Å². The first kappa shape index (κ1) is 14.1. The lowest BCUT2D eigenvalue weighted by molar-refractivity contribution is 0.0696. The van der Waals surface area contributed by atoms with Crippen LogP contribution in [0.2, 0.25) is 0 Å². The van der Waals surface area contributed by atoms with E-state index >= 15 is 0 Å². The first-order chi connectivity index (χ1) is 9.56. The second-order valence-electron chi connectivity index (χ2n) is 4.60. The molecule has 0 radical (unpaired) electrons. The van der Waals surface area contributed by atoms with Crippen molar-refractivity contribution in [3.63, 3.8) is 0 Å². The highest BCUT2D eigenvalue weighted by Crippen LogP contribution is 2.13. The zero-order valence-electron chi connectivity index (χ0n) is 11.1. The molecule has 0 amide bonds. The van der Waals surface area contributed by atoms with E-state index in [1.54, 1.807) is 6.20 Å². The number of aromatic nitrogens is 1. The zero-order valence-corrected chi connectivity index (χ0v) is 11.1. The number of nitrogens with zero attached hydrogens (tertiary/aromatic N) is 2. The maximum atomic E-state index is 13.8. The monoisotopic (exact) mass is 274 g/mol. The second-order valence-corrected chi connectivity index (χ2v) is 4.60. The number of rotatable bonds is 5. The second kappa shape index (κ2) is 6.25. The number of benzene rings is 1. The Hall–Kier alpha value is -2.27. The van der Waals surface area contributed by atoms with Gasteiger partial charge in [0.2, 0.25) is 0 Å². The van der Waals surface area contributed by atoms with Crippen LogP contribution >= 0.6 is 0 Å². The molecule has 0 fully saturated rings. The van der Waals surface area contributed by atoms with E-state index in [9.17, 15) is 9.18 Å². The molecule has 0 saturated carbocycles. The Balaban J connectivity index is 2.04. The van der Waals surface area contributed by atoms with Crippen LogP contribution in [0.4, 0.5) is 4.39 Å². The van der Waals surface area contributed by atoms with Crippen LogP contribution < -0.4 is 0 Å². The highest BCUT2D eigenvalue weighted by atomic mass is 19.1. The van der Waals surface area contributed by atoms with Gasteiger partial charge in [-0.1, -0.05) is 12.1 Å². The van der Waals surface area contributed by atoms with Gasteiger partial charge >= 0.3 is 5.97 Å². The molecule has 5 heteroatoms. The van der Waals surface area contributed by atoms with Crippen molar-refractivity contribution in [2.75, 3.05) is 7.05 Å². The fraction of sp³-hybridized carbons (Fsp3) is 0.200. The average Bonchev–Trinajstić information content (AvgIpc) is 2.42.